The van der Waals surface area contributed by atoms with Crippen LogP contribution in [0.15, 0.2) is 53.4 Å². The molecular formula is C27H37NO6S. The fourth-order valence-electron chi connectivity index (χ4n) is 3.79. The molecule has 2 aromatic carbocycles. The third kappa shape index (κ3) is 9.45. The monoisotopic (exact) mass is 503 g/mol. The Labute approximate surface area is 209 Å². The number of rotatable bonds is 15. The molecule has 7 nitrogen and oxygen atoms in total. The maximum atomic E-state index is 13.3. The lowest BCUT2D eigenvalue weighted by molar-refractivity contribution is -0.140. The molecule has 0 unspecified atom stereocenters. The van der Waals surface area contributed by atoms with Crippen LogP contribution in [-0.2, 0) is 30.7 Å². The maximum absolute atomic E-state index is 13.3. The Morgan fingerprint density at radius 3 is 2.00 bits per heavy atom. The first-order chi connectivity index (χ1) is 16.8. The molecule has 0 aromatic heterocycles. The number of unbranched alkanes of at least 4 members (excludes halogenated alkanes) is 4. The molecule has 2 aromatic rings. The van der Waals surface area contributed by atoms with E-state index in [0.717, 1.165) is 43.2 Å². The molecule has 0 radical (unpaired) electrons. The summed E-state index contributed by atoms with van der Waals surface area (Å²) in [6.07, 6.45) is 6.10. The van der Waals surface area contributed by atoms with Crippen molar-refractivity contribution < 1.29 is 27.5 Å². The van der Waals surface area contributed by atoms with Crippen molar-refractivity contribution in [2.24, 2.45) is 0 Å². The van der Waals surface area contributed by atoms with Crippen molar-refractivity contribution in [3.63, 3.8) is 0 Å². The lowest BCUT2D eigenvalue weighted by Crippen LogP contribution is -2.33. The summed E-state index contributed by atoms with van der Waals surface area (Å²) in [5.74, 6) is -0.572. The number of hydrogen-bond acceptors (Lipinski definition) is 6. The summed E-state index contributed by atoms with van der Waals surface area (Å²) in [6.45, 7) is 2.80. The zero-order valence-corrected chi connectivity index (χ0v) is 21.8. The summed E-state index contributed by atoms with van der Waals surface area (Å²) in [6, 6.07) is 14.2. The Balaban J connectivity index is 1.94. The fraction of sp³-hybridized carbons (Fsp3) is 0.481. The lowest BCUT2D eigenvalue weighted by atomic mass is 10.1. The molecular weight excluding hydrogens is 466 g/mol. The second kappa shape index (κ2) is 14.6. The SMILES string of the molecule is COC(=O)CCCCCCCN(CCCc1ccc(C(=O)OC)cc1)S(=O)(=O)c1ccc(C)cc1. The van der Waals surface area contributed by atoms with Crippen LogP contribution < -0.4 is 0 Å². The van der Waals surface area contributed by atoms with E-state index in [4.69, 9.17) is 4.74 Å². The molecule has 0 amide bonds. The molecule has 0 aliphatic heterocycles. The highest BCUT2D eigenvalue weighted by Crippen LogP contribution is 2.19. The second-order valence-electron chi connectivity index (χ2n) is 8.60. The van der Waals surface area contributed by atoms with E-state index in [1.165, 1.54) is 14.2 Å². The molecule has 35 heavy (non-hydrogen) atoms. The van der Waals surface area contributed by atoms with E-state index in [9.17, 15) is 18.0 Å². The Morgan fingerprint density at radius 2 is 1.37 bits per heavy atom. The van der Waals surface area contributed by atoms with Gasteiger partial charge in [-0.3, -0.25) is 4.79 Å². The van der Waals surface area contributed by atoms with Crippen LogP contribution in [0.2, 0.25) is 0 Å². The number of sulfonamides is 1. The number of esters is 2. The first-order valence-electron chi connectivity index (χ1n) is 12.1. The van der Waals surface area contributed by atoms with E-state index in [-0.39, 0.29) is 11.9 Å². The molecule has 0 bridgehead atoms. The van der Waals surface area contributed by atoms with E-state index >= 15 is 0 Å². The van der Waals surface area contributed by atoms with Crippen molar-refractivity contribution in [1.29, 1.82) is 0 Å². The summed E-state index contributed by atoms with van der Waals surface area (Å²) in [5.41, 5.74) is 2.54. The van der Waals surface area contributed by atoms with Crippen LogP contribution in [0.3, 0.4) is 0 Å². The van der Waals surface area contributed by atoms with Gasteiger partial charge in [0.15, 0.2) is 0 Å². The van der Waals surface area contributed by atoms with Gasteiger partial charge in [-0.1, -0.05) is 49.1 Å². The van der Waals surface area contributed by atoms with Gasteiger partial charge in [-0.15, -0.1) is 0 Å². The van der Waals surface area contributed by atoms with Crippen LogP contribution in [0.25, 0.3) is 0 Å². The third-order valence-electron chi connectivity index (χ3n) is 5.92. The van der Waals surface area contributed by atoms with Crippen molar-refractivity contribution in [3.05, 3.63) is 65.2 Å². The molecule has 192 valence electrons. The largest absolute Gasteiger partial charge is 0.469 e. The van der Waals surface area contributed by atoms with Gasteiger partial charge in [-0.2, -0.15) is 4.31 Å². The Kier molecular flexibility index (Phi) is 11.9. The number of ether oxygens (including phenoxy) is 2. The number of benzene rings is 2. The highest BCUT2D eigenvalue weighted by Gasteiger charge is 2.23. The summed E-state index contributed by atoms with van der Waals surface area (Å²) < 4.78 is 37.6. The van der Waals surface area contributed by atoms with Crippen LogP contribution in [0.4, 0.5) is 0 Å². The highest BCUT2D eigenvalue weighted by atomic mass is 32.2. The number of carbonyl (C=O) groups excluding carboxylic acids is 2. The predicted molar refractivity (Wildman–Crippen MR) is 136 cm³/mol. The summed E-state index contributed by atoms with van der Waals surface area (Å²) in [4.78, 5) is 23.1. The van der Waals surface area contributed by atoms with E-state index < -0.39 is 10.0 Å². The highest BCUT2D eigenvalue weighted by molar-refractivity contribution is 7.89. The first kappa shape index (κ1) is 28.5. The Hall–Kier alpha value is -2.71. The topological polar surface area (TPSA) is 90.0 Å². The van der Waals surface area contributed by atoms with Crippen molar-refractivity contribution >= 4 is 22.0 Å². The number of hydrogen-bond donors (Lipinski definition) is 0. The Bertz CT molecular complexity index is 1030. The van der Waals surface area contributed by atoms with Crippen molar-refractivity contribution in [1.82, 2.24) is 4.31 Å². The van der Waals surface area contributed by atoms with Crippen molar-refractivity contribution in [2.45, 2.75) is 63.2 Å². The van der Waals surface area contributed by atoms with E-state index in [1.54, 1.807) is 28.6 Å². The van der Waals surface area contributed by atoms with Crippen LogP contribution in [0.5, 0.6) is 0 Å². The van der Waals surface area contributed by atoms with E-state index in [1.807, 2.05) is 31.2 Å². The zero-order chi connectivity index (χ0) is 25.7. The molecule has 0 spiro atoms. The van der Waals surface area contributed by atoms with Crippen LogP contribution in [-0.4, -0.2) is 52.0 Å². The van der Waals surface area contributed by atoms with Gasteiger partial charge < -0.3 is 9.47 Å². The van der Waals surface area contributed by atoms with Gasteiger partial charge in [0.25, 0.3) is 0 Å². The smallest absolute Gasteiger partial charge is 0.337 e. The molecule has 0 aliphatic rings. The van der Waals surface area contributed by atoms with Gasteiger partial charge in [0.05, 0.1) is 24.7 Å². The molecule has 0 heterocycles. The zero-order valence-electron chi connectivity index (χ0n) is 21.0. The summed E-state index contributed by atoms with van der Waals surface area (Å²) in [7, 11) is -0.854. The minimum absolute atomic E-state index is 0.194. The van der Waals surface area contributed by atoms with Gasteiger partial charge in [0, 0.05) is 19.5 Å². The molecule has 0 aliphatic carbocycles. The molecule has 0 N–H and O–H groups in total. The minimum atomic E-state index is -3.59. The number of methoxy groups -OCH3 is 2. The fourth-order valence-corrected chi connectivity index (χ4v) is 5.30. The molecule has 8 heteroatoms. The molecule has 0 saturated heterocycles. The van der Waals surface area contributed by atoms with Crippen LogP contribution in [0, 0.1) is 6.92 Å². The van der Waals surface area contributed by atoms with Gasteiger partial charge in [0.1, 0.15) is 0 Å². The average molecular weight is 504 g/mol. The van der Waals surface area contributed by atoms with Gasteiger partial charge in [-0.05, 0) is 62.4 Å². The number of nitrogens with zero attached hydrogens (tertiary/aromatic N) is 1. The standard InChI is InChI=1S/C27H37NO6S/c1-22-12-18-25(19-13-22)35(31,32)28(20-8-6-4-5-7-11-26(29)33-2)21-9-10-23-14-16-24(17-15-23)27(30)34-3/h12-19H,4-11,20-21H2,1-3H3. The molecule has 0 atom stereocenters. The van der Waals surface area contributed by atoms with E-state index in [2.05, 4.69) is 4.74 Å². The van der Waals surface area contributed by atoms with Crippen LogP contribution in [0.1, 0.15) is 66.4 Å². The lowest BCUT2D eigenvalue weighted by Gasteiger charge is -2.22. The van der Waals surface area contributed by atoms with Crippen molar-refractivity contribution in [2.75, 3.05) is 27.3 Å². The average Bonchev–Trinajstić information content (AvgIpc) is 2.86. The maximum Gasteiger partial charge on any atom is 0.337 e. The van der Waals surface area contributed by atoms with Gasteiger partial charge in [-0.25, -0.2) is 13.2 Å². The Morgan fingerprint density at radius 1 is 0.771 bits per heavy atom. The van der Waals surface area contributed by atoms with Gasteiger partial charge >= 0.3 is 11.9 Å². The quantitative estimate of drug-likeness (QED) is 0.253. The summed E-state index contributed by atoms with van der Waals surface area (Å²) >= 11 is 0. The third-order valence-corrected chi connectivity index (χ3v) is 7.84. The first-order valence-corrected chi connectivity index (χ1v) is 13.5. The predicted octanol–water partition coefficient (Wildman–Crippen LogP) is 4.92. The second-order valence-corrected chi connectivity index (χ2v) is 10.5. The molecule has 0 fully saturated rings. The van der Waals surface area contributed by atoms with Crippen molar-refractivity contribution in [3.8, 4) is 0 Å². The van der Waals surface area contributed by atoms with Gasteiger partial charge in [0.2, 0.25) is 10.0 Å². The summed E-state index contributed by atoms with van der Waals surface area (Å²) in [5, 5.41) is 0. The number of aryl methyl sites for hydroxylation is 2. The molecule has 0 saturated carbocycles. The van der Waals surface area contributed by atoms with Crippen LogP contribution >= 0.6 is 0 Å². The van der Waals surface area contributed by atoms with E-state index in [0.29, 0.717) is 42.8 Å². The minimum Gasteiger partial charge on any atom is -0.469 e. The normalized spacial score (nSPS) is 11.4. The number of carbonyl (C=O) groups is 2. The molecule has 2 rings (SSSR count).